The number of nitrogens with zero attached hydrogens (tertiary/aromatic N) is 1. The van der Waals surface area contributed by atoms with E-state index in [0.29, 0.717) is 58.5 Å². The van der Waals surface area contributed by atoms with Gasteiger partial charge in [0.05, 0.1) is 19.1 Å². The summed E-state index contributed by atoms with van der Waals surface area (Å²) in [4.78, 5) is 46.7. The number of carbonyl (C=O) groups is 3. The van der Waals surface area contributed by atoms with Crippen LogP contribution >= 0.6 is 0 Å². The standard InChI is InChI=1S/C28H38N2O5/c1-6-7-22-14-19(2)25(20(3)15-22)26-23(31)16-28(17-24(26)32)8-10-30(11-9-28)27(33)21(4)18-29-35-13-12-34-5/h14-15,21,26,29H,8-13,16-18H2,1-5H3. The lowest BCUT2D eigenvalue weighted by Gasteiger charge is -2.45. The lowest BCUT2D eigenvalue weighted by atomic mass is 9.62. The fourth-order valence-corrected chi connectivity index (χ4v) is 5.49. The van der Waals surface area contributed by atoms with Gasteiger partial charge in [0, 0.05) is 45.1 Å². The number of hydroxylamine groups is 1. The van der Waals surface area contributed by atoms with Crippen LogP contribution in [0.3, 0.4) is 0 Å². The Morgan fingerprint density at radius 3 is 2.29 bits per heavy atom. The van der Waals surface area contributed by atoms with E-state index in [1.54, 1.807) is 14.0 Å². The first-order chi connectivity index (χ1) is 16.7. The lowest BCUT2D eigenvalue weighted by Crippen LogP contribution is -2.50. The molecule has 1 aliphatic carbocycles. The zero-order valence-corrected chi connectivity index (χ0v) is 21.7. The highest BCUT2D eigenvalue weighted by Crippen LogP contribution is 2.46. The number of likely N-dealkylation sites (tertiary alicyclic amines) is 1. The SMILES string of the molecule is CC#Cc1cc(C)c(C2C(=O)CC3(CCN(C(=O)C(C)CNOCCOC)CC3)CC2=O)c(C)c1. The van der Waals surface area contributed by atoms with Gasteiger partial charge in [-0.25, -0.2) is 5.48 Å². The average Bonchev–Trinajstić information content (AvgIpc) is 2.80. The number of ketones is 2. The van der Waals surface area contributed by atoms with Crippen LogP contribution in [0, 0.1) is 37.0 Å². The molecule has 1 atom stereocenters. The second-order valence-corrected chi connectivity index (χ2v) is 10.0. The van der Waals surface area contributed by atoms with Gasteiger partial charge in [0.25, 0.3) is 0 Å². The number of ether oxygens (including phenoxy) is 1. The third-order valence-electron chi connectivity index (χ3n) is 7.33. The van der Waals surface area contributed by atoms with Gasteiger partial charge in [0.15, 0.2) is 0 Å². The molecule has 1 aromatic rings. The van der Waals surface area contributed by atoms with Crippen molar-refractivity contribution < 1.29 is 24.0 Å². The van der Waals surface area contributed by atoms with Crippen LogP contribution in [0.1, 0.15) is 67.7 Å². The molecule has 1 saturated heterocycles. The fourth-order valence-electron chi connectivity index (χ4n) is 5.49. The zero-order chi connectivity index (χ0) is 25.6. The largest absolute Gasteiger partial charge is 0.382 e. The number of methoxy groups -OCH3 is 1. The van der Waals surface area contributed by atoms with E-state index in [9.17, 15) is 14.4 Å². The van der Waals surface area contributed by atoms with Gasteiger partial charge in [-0.05, 0) is 67.9 Å². The van der Waals surface area contributed by atoms with Gasteiger partial charge >= 0.3 is 0 Å². The molecular weight excluding hydrogens is 444 g/mol. The third kappa shape index (κ3) is 6.38. The summed E-state index contributed by atoms with van der Waals surface area (Å²) in [5.74, 6) is 5.13. The van der Waals surface area contributed by atoms with Crippen molar-refractivity contribution in [3.8, 4) is 11.8 Å². The van der Waals surface area contributed by atoms with Crippen molar-refractivity contribution in [1.29, 1.82) is 0 Å². The minimum Gasteiger partial charge on any atom is -0.382 e. The van der Waals surface area contributed by atoms with Crippen LogP contribution < -0.4 is 5.48 Å². The summed E-state index contributed by atoms with van der Waals surface area (Å²) in [6.07, 6.45) is 2.14. The van der Waals surface area contributed by atoms with Crippen molar-refractivity contribution in [2.24, 2.45) is 11.3 Å². The van der Waals surface area contributed by atoms with Crippen LogP contribution in [-0.2, 0) is 24.0 Å². The van der Waals surface area contributed by atoms with Gasteiger partial charge < -0.3 is 9.64 Å². The van der Waals surface area contributed by atoms with Crippen LogP contribution in [0.25, 0.3) is 0 Å². The molecule has 1 saturated carbocycles. The summed E-state index contributed by atoms with van der Waals surface area (Å²) in [7, 11) is 1.61. The van der Waals surface area contributed by atoms with Crippen LogP contribution in [0.5, 0.6) is 0 Å². The molecule has 1 N–H and O–H groups in total. The molecule has 0 aromatic heterocycles. The first kappa shape index (κ1) is 27.1. The van der Waals surface area contributed by atoms with E-state index in [1.807, 2.05) is 37.8 Å². The lowest BCUT2D eigenvalue weighted by molar-refractivity contribution is -0.142. The third-order valence-corrected chi connectivity index (χ3v) is 7.33. The van der Waals surface area contributed by atoms with E-state index in [1.165, 1.54) is 0 Å². The maximum atomic E-state index is 13.4. The quantitative estimate of drug-likeness (QED) is 0.265. The molecule has 1 unspecified atom stereocenters. The van der Waals surface area contributed by atoms with Crippen molar-refractivity contribution in [3.63, 3.8) is 0 Å². The van der Waals surface area contributed by atoms with E-state index in [0.717, 1.165) is 22.3 Å². The van der Waals surface area contributed by atoms with Gasteiger partial charge in [0.2, 0.25) is 5.91 Å². The topological polar surface area (TPSA) is 84.9 Å². The Labute approximate surface area is 208 Å². The van der Waals surface area contributed by atoms with Gasteiger partial charge in [-0.1, -0.05) is 12.8 Å². The summed E-state index contributed by atoms with van der Waals surface area (Å²) >= 11 is 0. The van der Waals surface area contributed by atoms with E-state index < -0.39 is 5.92 Å². The van der Waals surface area contributed by atoms with Crippen LogP contribution in [0.15, 0.2) is 12.1 Å². The van der Waals surface area contributed by atoms with Crippen LogP contribution in [0.4, 0.5) is 0 Å². The molecule has 1 aromatic carbocycles. The number of amides is 1. The molecule has 35 heavy (non-hydrogen) atoms. The van der Waals surface area contributed by atoms with Crippen molar-refractivity contribution in [3.05, 3.63) is 34.4 Å². The molecule has 1 amide bonds. The Hall–Kier alpha value is -2.53. The summed E-state index contributed by atoms with van der Waals surface area (Å²) < 4.78 is 4.93. The van der Waals surface area contributed by atoms with Crippen LogP contribution in [0.2, 0.25) is 0 Å². The summed E-state index contributed by atoms with van der Waals surface area (Å²) in [5, 5.41) is 0. The minimum absolute atomic E-state index is 0.00679. The van der Waals surface area contributed by atoms with Crippen molar-refractivity contribution in [2.75, 3.05) is 40.0 Å². The second kappa shape index (κ2) is 11.9. The number of piperidine rings is 1. The molecule has 0 radical (unpaired) electrons. The molecule has 2 aliphatic rings. The summed E-state index contributed by atoms with van der Waals surface area (Å²) in [6.45, 7) is 10.0. The highest BCUT2D eigenvalue weighted by molar-refractivity contribution is 6.10. The maximum absolute atomic E-state index is 13.4. The molecule has 1 heterocycles. The smallest absolute Gasteiger partial charge is 0.226 e. The predicted molar refractivity (Wildman–Crippen MR) is 134 cm³/mol. The Morgan fingerprint density at radius 1 is 1.14 bits per heavy atom. The molecule has 3 rings (SSSR count). The second-order valence-electron chi connectivity index (χ2n) is 10.0. The number of nitrogens with one attached hydrogen (secondary N) is 1. The Kier molecular flexibility index (Phi) is 9.23. The first-order valence-electron chi connectivity index (χ1n) is 12.4. The molecule has 1 spiro atoms. The minimum atomic E-state index is -0.687. The summed E-state index contributed by atoms with van der Waals surface area (Å²) in [6, 6.07) is 3.93. The number of aryl methyl sites for hydroxylation is 2. The van der Waals surface area contributed by atoms with E-state index in [2.05, 4.69) is 17.3 Å². The molecule has 7 heteroatoms. The highest BCUT2D eigenvalue weighted by Gasteiger charge is 2.48. The Morgan fingerprint density at radius 2 is 1.74 bits per heavy atom. The molecule has 2 fully saturated rings. The number of hydrogen-bond donors (Lipinski definition) is 1. The first-order valence-corrected chi connectivity index (χ1v) is 12.4. The molecular formula is C28H38N2O5. The Bertz CT molecular complexity index is 971. The van der Waals surface area contributed by atoms with E-state index >= 15 is 0 Å². The van der Waals surface area contributed by atoms with Gasteiger partial charge in [0.1, 0.15) is 17.5 Å². The number of benzene rings is 1. The fraction of sp³-hybridized carbons (Fsp3) is 0.607. The van der Waals surface area contributed by atoms with Gasteiger partial charge in [-0.2, -0.15) is 0 Å². The number of hydrogen-bond acceptors (Lipinski definition) is 6. The van der Waals surface area contributed by atoms with Gasteiger partial charge in [-0.15, -0.1) is 5.92 Å². The Balaban J connectivity index is 1.60. The van der Waals surface area contributed by atoms with Gasteiger partial charge in [-0.3, -0.25) is 19.2 Å². The van der Waals surface area contributed by atoms with Crippen molar-refractivity contribution in [1.82, 2.24) is 10.4 Å². The normalized spacial score (nSPS) is 18.9. The predicted octanol–water partition coefficient (Wildman–Crippen LogP) is 3.10. The van der Waals surface area contributed by atoms with E-state index in [4.69, 9.17) is 9.57 Å². The van der Waals surface area contributed by atoms with E-state index in [-0.39, 0.29) is 28.8 Å². The molecule has 7 nitrogen and oxygen atoms in total. The van der Waals surface area contributed by atoms with Crippen molar-refractivity contribution in [2.45, 2.75) is 59.3 Å². The maximum Gasteiger partial charge on any atom is 0.226 e. The van der Waals surface area contributed by atoms with Crippen molar-refractivity contribution >= 4 is 17.5 Å². The average molecular weight is 483 g/mol. The monoisotopic (exact) mass is 482 g/mol. The number of rotatable bonds is 8. The van der Waals surface area contributed by atoms with Crippen LogP contribution in [-0.4, -0.2) is 62.3 Å². The zero-order valence-electron chi connectivity index (χ0n) is 21.7. The number of Topliss-reactive ketones (excluding diaryl/α,β-unsaturated/α-hetero) is 2. The molecule has 0 bridgehead atoms. The number of carbonyl (C=O) groups excluding carboxylic acids is 3. The highest BCUT2D eigenvalue weighted by atomic mass is 16.7. The summed E-state index contributed by atoms with van der Waals surface area (Å²) in [5.41, 5.74) is 6.13. The molecule has 190 valence electrons. The molecule has 1 aliphatic heterocycles.